The van der Waals surface area contributed by atoms with E-state index in [0.29, 0.717) is 11.0 Å². The van der Waals surface area contributed by atoms with E-state index in [1.807, 2.05) is 0 Å². The van der Waals surface area contributed by atoms with E-state index in [0.717, 1.165) is 12.1 Å². The van der Waals surface area contributed by atoms with Gasteiger partial charge >= 0.3 is 18.3 Å². The topological polar surface area (TPSA) is 69.2 Å². The zero-order valence-corrected chi connectivity index (χ0v) is 22.9. The average Bonchev–Trinajstić information content (AvgIpc) is 2.96. The fourth-order valence-corrected chi connectivity index (χ4v) is 5.38. The summed E-state index contributed by atoms with van der Waals surface area (Å²) in [6.07, 6.45) is -6.80. The summed E-state index contributed by atoms with van der Waals surface area (Å²) in [5.74, 6) is -3.18. The van der Waals surface area contributed by atoms with Crippen LogP contribution in [0, 0.1) is 0 Å². The Kier molecular flexibility index (Phi) is 7.85. The van der Waals surface area contributed by atoms with Crippen molar-refractivity contribution in [3.8, 4) is 11.3 Å². The third kappa shape index (κ3) is 5.89. The fraction of sp³-hybridized carbons (Fsp3) is 0.250. The number of ketones is 1. The summed E-state index contributed by atoms with van der Waals surface area (Å²) in [5, 5.41) is 0.348. The van der Waals surface area contributed by atoms with Crippen LogP contribution >= 0.6 is 0 Å². The normalized spacial score (nSPS) is 17.6. The minimum absolute atomic E-state index is 0.00133. The van der Waals surface area contributed by atoms with Crippen molar-refractivity contribution in [2.45, 2.75) is 44.5 Å². The van der Waals surface area contributed by atoms with Crippen LogP contribution in [-0.4, -0.2) is 28.3 Å². The molecule has 0 bridgehead atoms. The van der Waals surface area contributed by atoms with Gasteiger partial charge in [0.05, 0.1) is 46.1 Å². The summed E-state index contributed by atoms with van der Waals surface area (Å²) in [6.45, 7) is 3.28. The van der Waals surface area contributed by atoms with Gasteiger partial charge in [-0.2, -0.15) is 26.3 Å². The minimum atomic E-state index is -4.66. The highest BCUT2D eigenvalue weighted by Crippen LogP contribution is 2.43. The Morgan fingerprint density at radius 1 is 0.953 bits per heavy atom. The molecule has 0 fully saturated rings. The second-order valence-corrected chi connectivity index (χ2v) is 10.1. The number of halogens is 6. The van der Waals surface area contributed by atoms with E-state index in [1.54, 1.807) is 13.8 Å². The lowest BCUT2D eigenvalue weighted by Crippen LogP contribution is -2.25. The molecule has 0 aliphatic heterocycles. The van der Waals surface area contributed by atoms with Gasteiger partial charge in [-0.3, -0.25) is 14.8 Å². The number of hydrogen-bond acceptors (Lipinski definition) is 5. The molecule has 0 saturated carbocycles. The van der Waals surface area contributed by atoms with Gasteiger partial charge in [-0.15, -0.1) is 0 Å². The van der Waals surface area contributed by atoms with Gasteiger partial charge in [0.1, 0.15) is 5.78 Å². The van der Waals surface area contributed by atoms with Crippen LogP contribution in [0.25, 0.3) is 22.2 Å². The van der Waals surface area contributed by atoms with Crippen LogP contribution in [-0.2, 0) is 21.9 Å². The number of fused-ring (bicyclic) bond motifs is 1. The molecule has 0 N–H and O–H groups in total. The van der Waals surface area contributed by atoms with Crippen LogP contribution in [0.2, 0.25) is 0 Å². The average molecular weight is 599 g/mol. The maximum Gasteiger partial charge on any atom is 0.417 e. The number of esters is 1. The number of hydrogen-bond donors (Lipinski definition) is 0. The zero-order valence-electron chi connectivity index (χ0n) is 22.9. The first kappa shape index (κ1) is 29.9. The van der Waals surface area contributed by atoms with Gasteiger partial charge in [-0.1, -0.05) is 48.0 Å². The van der Waals surface area contributed by atoms with E-state index >= 15 is 0 Å². The summed E-state index contributed by atoms with van der Waals surface area (Å²) in [4.78, 5) is 35.2. The Balaban J connectivity index is 1.64. The summed E-state index contributed by atoms with van der Waals surface area (Å²) < 4.78 is 87.5. The molecule has 2 aromatic heterocycles. The number of alkyl halides is 6. The van der Waals surface area contributed by atoms with Crippen molar-refractivity contribution >= 4 is 22.7 Å². The lowest BCUT2D eigenvalue weighted by Gasteiger charge is -2.28. The van der Waals surface area contributed by atoms with Gasteiger partial charge in [-0.05, 0) is 43.7 Å². The monoisotopic (exact) mass is 598 g/mol. The van der Waals surface area contributed by atoms with Crippen LogP contribution in [0.3, 0.4) is 0 Å². The highest BCUT2D eigenvalue weighted by Gasteiger charge is 2.39. The summed E-state index contributed by atoms with van der Waals surface area (Å²) in [6, 6.07) is 12.6. The van der Waals surface area contributed by atoms with E-state index in [4.69, 9.17) is 4.74 Å². The largest absolute Gasteiger partial charge is 0.462 e. The molecule has 1 aliphatic carbocycles. The van der Waals surface area contributed by atoms with E-state index < -0.39 is 47.1 Å². The van der Waals surface area contributed by atoms with Gasteiger partial charge in [0.25, 0.3) is 0 Å². The van der Waals surface area contributed by atoms with E-state index in [1.165, 1.54) is 60.8 Å². The maximum atomic E-state index is 13.7. The van der Waals surface area contributed by atoms with Gasteiger partial charge in [-0.25, -0.2) is 4.79 Å². The van der Waals surface area contributed by atoms with Crippen LogP contribution in [0.5, 0.6) is 0 Å². The maximum absolute atomic E-state index is 13.7. The van der Waals surface area contributed by atoms with Crippen molar-refractivity contribution in [1.29, 1.82) is 0 Å². The molecule has 2 heterocycles. The Hall–Kier alpha value is -4.54. The molecular formula is C32H24F6N2O3. The number of pyridine rings is 2. The number of nitrogens with zero attached hydrogens (tertiary/aromatic N) is 2. The number of Topliss-reactive ketones (excluding diaryl/α,β-unsaturated/α-hetero) is 1. The second-order valence-electron chi connectivity index (χ2n) is 10.1. The standard InChI is InChI=1S/C32H24F6N2O3/c1-3-43-30(42)23-13-18-16-39-27(20-9-5-7-11-25(20)32(36,37)38)15-26(18)40-29(23)21-14-28(41)22(12-17(21)2)19-8-4-6-10-24(19)31(33,34)35/h4-13,15-16,21-22H,3,14H2,1-2H3. The van der Waals surface area contributed by atoms with Crippen LogP contribution in [0.1, 0.15) is 64.8 Å². The van der Waals surface area contributed by atoms with Gasteiger partial charge in [0, 0.05) is 29.5 Å². The number of carbonyl (C=O) groups is 2. The smallest absolute Gasteiger partial charge is 0.417 e. The molecule has 0 saturated heterocycles. The lowest BCUT2D eigenvalue weighted by molar-refractivity contribution is -0.139. The lowest BCUT2D eigenvalue weighted by atomic mass is 9.75. The molecule has 11 heteroatoms. The quantitative estimate of drug-likeness (QED) is 0.131. The molecule has 2 unspecified atom stereocenters. The third-order valence-corrected chi connectivity index (χ3v) is 7.40. The van der Waals surface area contributed by atoms with E-state index in [9.17, 15) is 35.9 Å². The molecule has 0 amide bonds. The highest BCUT2D eigenvalue weighted by atomic mass is 19.4. The Morgan fingerprint density at radius 3 is 2.28 bits per heavy atom. The zero-order chi connectivity index (χ0) is 31.1. The molecule has 0 spiro atoms. The van der Waals surface area contributed by atoms with Crippen molar-refractivity contribution in [3.05, 3.63) is 106 Å². The molecule has 5 nitrogen and oxygen atoms in total. The first-order chi connectivity index (χ1) is 20.3. The molecule has 2 atom stereocenters. The van der Waals surface area contributed by atoms with Crippen molar-refractivity contribution in [1.82, 2.24) is 9.97 Å². The highest BCUT2D eigenvalue weighted by molar-refractivity contribution is 5.97. The number of allylic oxidation sites excluding steroid dienone is 2. The summed E-state index contributed by atoms with van der Waals surface area (Å²) in [7, 11) is 0. The Bertz CT molecular complexity index is 1760. The van der Waals surface area contributed by atoms with Crippen LogP contribution in [0.15, 0.2) is 78.5 Å². The number of ether oxygens (including phenoxy) is 1. The Labute approximate surface area is 242 Å². The molecule has 222 valence electrons. The van der Waals surface area contributed by atoms with Crippen LogP contribution in [0.4, 0.5) is 26.3 Å². The second kappa shape index (κ2) is 11.3. The van der Waals surface area contributed by atoms with E-state index in [2.05, 4.69) is 9.97 Å². The number of carbonyl (C=O) groups excluding carboxylic acids is 2. The van der Waals surface area contributed by atoms with Gasteiger partial charge in [0.15, 0.2) is 0 Å². The first-order valence-corrected chi connectivity index (χ1v) is 13.3. The van der Waals surface area contributed by atoms with Gasteiger partial charge < -0.3 is 4.74 Å². The molecule has 0 radical (unpaired) electrons. The summed E-state index contributed by atoms with van der Waals surface area (Å²) in [5.41, 5.74) is -1.24. The SMILES string of the molecule is CCOC(=O)c1cc2cnc(-c3ccccc3C(F)(F)F)cc2nc1C1CC(=O)C(c2ccccc2C(F)(F)F)C=C1C. The predicted molar refractivity (Wildman–Crippen MR) is 146 cm³/mol. The molecular weight excluding hydrogens is 574 g/mol. The molecule has 4 aromatic rings. The van der Waals surface area contributed by atoms with Crippen molar-refractivity contribution in [2.24, 2.45) is 0 Å². The van der Waals surface area contributed by atoms with Crippen LogP contribution < -0.4 is 0 Å². The van der Waals surface area contributed by atoms with Crippen molar-refractivity contribution in [2.75, 3.05) is 6.61 Å². The molecule has 2 aromatic carbocycles. The molecule has 1 aliphatic rings. The molecule has 43 heavy (non-hydrogen) atoms. The van der Waals surface area contributed by atoms with Crippen molar-refractivity contribution in [3.63, 3.8) is 0 Å². The fourth-order valence-electron chi connectivity index (χ4n) is 5.38. The van der Waals surface area contributed by atoms with Crippen molar-refractivity contribution < 1.29 is 40.7 Å². The number of aromatic nitrogens is 2. The minimum Gasteiger partial charge on any atom is -0.462 e. The third-order valence-electron chi connectivity index (χ3n) is 7.40. The van der Waals surface area contributed by atoms with E-state index in [-0.39, 0.29) is 46.6 Å². The van der Waals surface area contributed by atoms with Gasteiger partial charge in [0.2, 0.25) is 0 Å². The molecule has 5 rings (SSSR count). The number of rotatable bonds is 5. The first-order valence-electron chi connectivity index (χ1n) is 13.3. The Morgan fingerprint density at radius 2 is 1.60 bits per heavy atom. The number of benzene rings is 2. The summed E-state index contributed by atoms with van der Waals surface area (Å²) >= 11 is 0. The predicted octanol–water partition coefficient (Wildman–Crippen LogP) is 8.30.